The normalized spacial score (nSPS) is 18.3. The summed E-state index contributed by atoms with van der Waals surface area (Å²) in [4.78, 5) is 17.9. The van der Waals surface area contributed by atoms with Crippen LogP contribution in [0.15, 0.2) is 77.0 Å². The number of aromatic nitrogens is 4. The first-order chi connectivity index (χ1) is 23.0. The zero-order valence-electron chi connectivity index (χ0n) is 27.4. The third-order valence-corrected chi connectivity index (χ3v) is 9.60. The average molecular weight is 630 g/mol. The second kappa shape index (κ2) is 14.2. The number of halogens is 1. The van der Waals surface area contributed by atoms with E-state index in [0.29, 0.717) is 6.54 Å². The monoisotopic (exact) mass is 629 g/mol. The van der Waals surface area contributed by atoms with E-state index in [-0.39, 0.29) is 5.82 Å². The number of H-pyrrole nitrogens is 2. The summed E-state index contributed by atoms with van der Waals surface area (Å²) in [5, 5.41) is 10.8. The molecule has 0 amide bonds. The van der Waals surface area contributed by atoms with Crippen LogP contribution < -0.4 is 10.6 Å². The molecule has 0 saturated carbocycles. The van der Waals surface area contributed by atoms with Crippen LogP contribution in [0, 0.1) is 5.82 Å². The zero-order chi connectivity index (χ0) is 32.2. The fourth-order valence-electron chi connectivity index (χ4n) is 7.18. The van der Waals surface area contributed by atoms with Gasteiger partial charge in [0.1, 0.15) is 11.5 Å². The molecule has 4 aromatic rings. The van der Waals surface area contributed by atoms with E-state index < -0.39 is 0 Å². The van der Waals surface area contributed by atoms with Gasteiger partial charge >= 0.3 is 0 Å². The molecule has 7 rings (SSSR count). The van der Waals surface area contributed by atoms with E-state index in [2.05, 4.69) is 61.8 Å². The van der Waals surface area contributed by atoms with Crippen LogP contribution in [0.3, 0.4) is 0 Å². The molecule has 6 heterocycles. The van der Waals surface area contributed by atoms with Crippen molar-refractivity contribution in [3.63, 3.8) is 0 Å². The summed E-state index contributed by atoms with van der Waals surface area (Å²) in [5.41, 5.74) is 8.36. The van der Waals surface area contributed by atoms with E-state index in [9.17, 15) is 4.39 Å². The Morgan fingerprint density at radius 3 is 2.64 bits per heavy atom. The fourth-order valence-corrected chi connectivity index (χ4v) is 7.18. The largest absolute Gasteiger partial charge is 0.353 e. The van der Waals surface area contributed by atoms with Crippen LogP contribution in [0.2, 0.25) is 0 Å². The second-order valence-corrected chi connectivity index (χ2v) is 13.0. The lowest BCUT2D eigenvalue weighted by Crippen LogP contribution is -2.24. The molecule has 0 radical (unpaired) electrons. The third kappa shape index (κ3) is 7.14. The first-order valence-electron chi connectivity index (χ1n) is 17.1. The molecule has 2 saturated heterocycles. The van der Waals surface area contributed by atoms with Crippen molar-refractivity contribution in [2.24, 2.45) is 4.99 Å². The van der Waals surface area contributed by atoms with Gasteiger partial charge in [0.2, 0.25) is 0 Å². The molecule has 2 N–H and O–H groups in total. The van der Waals surface area contributed by atoms with Gasteiger partial charge < -0.3 is 9.88 Å². The Balaban J connectivity index is 1.19. The molecule has 242 valence electrons. The minimum Gasteiger partial charge on any atom is -0.353 e. The Morgan fingerprint density at radius 1 is 1.02 bits per heavy atom. The molecule has 1 aromatic carbocycles. The Kier molecular flexibility index (Phi) is 9.40. The molecule has 3 aliphatic rings. The molecule has 2 fully saturated rings. The van der Waals surface area contributed by atoms with Crippen molar-refractivity contribution in [2.75, 3.05) is 45.8 Å². The molecular weight excluding hydrogens is 585 g/mol. The quantitative estimate of drug-likeness (QED) is 0.227. The maximum absolute atomic E-state index is 14.9. The molecule has 7 nitrogen and oxygen atoms in total. The van der Waals surface area contributed by atoms with E-state index in [1.165, 1.54) is 44.3 Å². The van der Waals surface area contributed by atoms with Crippen molar-refractivity contribution in [1.82, 2.24) is 30.0 Å². The summed E-state index contributed by atoms with van der Waals surface area (Å²) in [6, 6.07) is 9.40. The smallest absolute Gasteiger partial charge is 0.124 e. The number of rotatable bonds is 10. The topological polar surface area (TPSA) is 76.2 Å². The van der Waals surface area contributed by atoms with Crippen LogP contribution in [0.5, 0.6) is 0 Å². The van der Waals surface area contributed by atoms with Crippen molar-refractivity contribution >= 4 is 29.3 Å². The molecule has 0 spiro atoms. The van der Waals surface area contributed by atoms with Crippen molar-refractivity contribution < 1.29 is 4.39 Å². The minimum absolute atomic E-state index is 0.227. The van der Waals surface area contributed by atoms with Crippen molar-refractivity contribution in [1.29, 1.82) is 0 Å². The van der Waals surface area contributed by atoms with Crippen molar-refractivity contribution in [3.05, 3.63) is 93.9 Å². The van der Waals surface area contributed by atoms with Crippen LogP contribution in [0.1, 0.15) is 44.6 Å². The van der Waals surface area contributed by atoms with Gasteiger partial charge in [-0.05, 0) is 143 Å². The molecule has 3 aromatic heterocycles. The number of pyridine rings is 1. The first kappa shape index (κ1) is 31.2. The maximum Gasteiger partial charge on any atom is 0.124 e. The number of nitrogens with zero attached hydrogens (tertiary/aromatic N) is 5. The number of hydrogen-bond acceptors (Lipinski definition) is 5. The van der Waals surface area contributed by atoms with Crippen molar-refractivity contribution in [2.45, 2.75) is 45.4 Å². The Labute approximate surface area is 276 Å². The molecule has 0 unspecified atom stereocenters. The Hall–Kier alpha value is -4.40. The first-order valence-corrected chi connectivity index (χ1v) is 17.1. The Bertz CT molecular complexity index is 1980. The predicted octanol–water partition coefficient (Wildman–Crippen LogP) is 5.96. The number of aliphatic imine (C=N–C) groups is 1. The van der Waals surface area contributed by atoms with Crippen LogP contribution >= 0.6 is 0 Å². The molecule has 0 bridgehead atoms. The molecule has 0 atom stereocenters. The highest BCUT2D eigenvalue weighted by Crippen LogP contribution is 2.31. The predicted molar refractivity (Wildman–Crippen MR) is 191 cm³/mol. The number of allylic oxidation sites excluding steroid dienone is 3. The molecular formula is C39H44FN7. The molecule has 8 heteroatoms. The third-order valence-electron chi connectivity index (χ3n) is 9.60. The van der Waals surface area contributed by atoms with Gasteiger partial charge in [-0.3, -0.25) is 20.0 Å². The van der Waals surface area contributed by atoms with E-state index in [0.717, 1.165) is 99.8 Å². The van der Waals surface area contributed by atoms with Gasteiger partial charge in [0.15, 0.2) is 0 Å². The summed E-state index contributed by atoms with van der Waals surface area (Å²) in [7, 11) is 0. The number of fused-ring (bicyclic) bond motifs is 1. The van der Waals surface area contributed by atoms with Gasteiger partial charge in [0, 0.05) is 40.6 Å². The lowest BCUT2D eigenvalue weighted by atomic mass is 10.0. The van der Waals surface area contributed by atoms with Crippen LogP contribution in [-0.2, 0) is 6.42 Å². The average Bonchev–Trinajstić information content (AvgIpc) is 3.88. The molecule has 3 aliphatic heterocycles. The fraction of sp³-hybridized carbons (Fsp3) is 0.359. The van der Waals surface area contributed by atoms with Gasteiger partial charge in [0.25, 0.3) is 0 Å². The lowest BCUT2D eigenvalue weighted by molar-refractivity contribution is 0.334. The molecule has 47 heavy (non-hydrogen) atoms. The number of aryl methyl sites for hydroxylation is 1. The van der Waals surface area contributed by atoms with Gasteiger partial charge in [0.05, 0.1) is 23.3 Å². The van der Waals surface area contributed by atoms with Gasteiger partial charge in [-0.25, -0.2) is 4.39 Å². The van der Waals surface area contributed by atoms with Crippen LogP contribution in [0.4, 0.5) is 4.39 Å². The maximum atomic E-state index is 14.9. The summed E-state index contributed by atoms with van der Waals surface area (Å²) in [5.74, 6) is -0.227. The van der Waals surface area contributed by atoms with Gasteiger partial charge in [-0.1, -0.05) is 18.7 Å². The van der Waals surface area contributed by atoms with Crippen molar-refractivity contribution in [3.8, 4) is 22.6 Å². The number of aromatic amines is 2. The van der Waals surface area contributed by atoms with Crippen LogP contribution in [-0.4, -0.2) is 82.0 Å². The number of nitrogens with one attached hydrogen (secondary N) is 2. The van der Waals surface area contributed by atoms with E-state index in [1.807, 2.05) is 25.3 Å². The van der Waals surface area contributed by atoms with E-state index in [4.69, 9.17) is 10.1 Å². The highest BCUT2D eigenvalue weighted by atomic mass is 19.1. The Morgan fingerprint density at radius 2 is 1.83 bits per heavy atom. The highest BCUT2D eigenvalue weighted by molar-refractivity contribution is 5.96. The van der Waals surface area contributed by atoms with E-state index in [1.54, 1.807) is 18.3 Å². The highest BCUT2D eigenvalue weighted by Gasteiger charge is 2.17. The summed E-state index contributed by atoms with van der Waals surface area (Å²) < 4.78 is 14.9. The molecule has 0 aliphatic carbocycles. The number of benzene rings is 1. The van der Waals surface area contributed by atoms with Gasteiger partial charge in [-0.15, -0.1) is 0 Å². The summed E-state index contributed by atoms with van der Waals surface area (Å²) in [6.45, 7) is 13.7. The second-order valence-electron chi connectivity index (χ2n) is 13.0. The van der Waals surface area contributed by atoms with E-state index >= 15 is 0 Å². The zero-order valence-corrected chi connectivity index (χ0v) is 27.4. The number of hydrogen-bond donors (Lipinski definition) is 2. The standard InChI is InChI=1S/C39H44FN7/c1-3-35-33(19-27(2)30-10-12-41-25-29(21-30)26-47-16-6-7-17-47)39(45-44-35)37-24-34-36(43-37)11-13-42-38(34)31-20-28(22-32(40)23-31)9-8-18-46-14-4-5-15-46/h3,10-11,13,19-25,43-44H,2,4-9,12,14-18,26H2,1H3/b33-19+,35-3+. The van der Waals surface area contributed by atoms with Gasteiger partial charge in [-0.2, -0.15) is 5.10 Å². The summed E-state index contributed by atoms with van der Waals surface area (Å²) in [6.07, 6.45) is 19.3. The summed E-state index contributed by atoms with van der Waals surface area (Å²) >= 11 is 0. The SMILES string of the molecule is C=C(/C=c1/c(-c2cc3c(-c4cc(F)cc(CCCN5CCCC5)c4)nccc3[nH]2)n[nH]/c1=C/C)C1=CCN=CC(CN2CCCC2)=C1. The number of likely N-dealkylation sites (tertiary alicyclic amines) is 2. The van der Waals surface area contributed by atoms with Crippen LogP contribution in [0.25, 0.3) is 45.7 Å². The lowest BCUT2D eigenvalue weighted by Gasteiger charge is -2.15. The minimum atomic E-state index is -0.227.